The van der Waals surface area contributed by atoms with Crippen LogP contribution in [0.3, 0.4) is 0 Å². The van der Waals surface area contributed by atoms with Crippen LogP contribution >= 0.6 is 33.3 Å². The molecule has 0 spiro atoms. The lowest BCUT2D eigenvalue weighted by atomic mass is 10.0. The number of halogens is 4. The highest BCUT2D eigenvalue weighted by Gasteiger charge is 2.26. The molecule has 1 aliphatic rings. The van der Waals surface area contributed by atoms with E-state index in [-0.39, 0.29) is 17.4 Å². The van der Waals surface area contributed by atoms with Gasteiger partial charge in [-0.15, -0.1) is 0 Å². The number of ether oxygens (including phenoxy) is 1. The van der Waals surface area contributed by atoms with E-state index in [2.05, 4.69) is 9.88 Å². The van der Waals surface area contributed by atoms with Crippen LogP contribution in [0.2, 0.25) is 5.02 Å². The minimum absolute atomic E-state index is 0.100. The van der Waals surface area contributed by atoms with E-state index in [1.807, 2.05) is 11.4 Å². The van der Waals surface area contributed by atoms with E-state index in [0.29, 0.717) is 34.3 Å². The van der Waals surface area contributed by atoms with Gasteiger partial charge in [-0.3, -0.25) is 0 Å². The van der Waals surface area contributed by atoms with Gasteiger partial charge in [-0.05, 0) is 46.9 Å². The Hall–Kier alpha value is -1.38. The minimum atomic E-state index is -0.708. The summed E-state index contributed by atoms with van der Waals surface area (Å²) in [6.45, 7) is 2.20. The number of morpholine rings is 1. The fraction of sp³-hybridized carbons (Fsp3) is 0.316. The normalized spacial score (nSPS) is 18.1. The highest BCUT2D eigenvalue weighted by Crippen LogP contribution is 2.34. The molecule has 3 aromatic rings. The molecule has 28 heavy (non-hydrogen) atoms. The maximum atomic E-state index is 14.8. The quantitative estimate of drug-likeness (QED) is 0.563. The van der Waals surface area contributed by atoms with Crippen molar-refractivity contribution >= 4 is 38.9 Å². The van der Waals surface area contributed by atoms with E-state index in [4.69, 9.17) is 27.0 Å². The average molecular weight is 444 g/mol. The van der Waals surface area contributed by atoms with Crippen LogP contribution in [-0.2, 0) is 11.2 Å². The summed E-state index contributed by atoms with van der Waals surface area (Å²) in [5, 5.41) is 0.499. The van der Waals surface area contributed by atoms with E-state index in [9.17, 15) is 8.78 Å². The molecule has 148 valence electrons. The Balaban J connectivity index is 1.86. The fourth-order valence-electron chi connectivity index (χ4n) is 3.49. The second-order valence-electron chi connectivity index (χ2n) is 6.78. The Labute approximate surface area is 174 Å². The summed E-state index contributed by atoms with van der Waals surface area (Å²) in [6.07, 6.45) is 2.12. The summed E-state index contributed by atoms with van der Waals surface area (Å²) >= 11 is 6.09. The molecule has 1 fully saturated rings. The summed E-state index contributed by atoms with van der Waals surface area (Å²) in [5.41, 5.74) is 1.28. The molecule has 0 bridgehead atoms. The zero-order valence-corrected chi connectivity index (χ0v) is 17.3. The number of benzene rings is 1. The Kier molecular flexibility index (Phi) is 5.81. The molecule has 4 rings (SSSR count). The lowest BCUT2D eigenvalue weighted by Gasteiger charge is -2.30. The van der Waals surface area contributed by atoms with E-state index < -0.39 is 11.6 Å². The molecular weight excluding hydrogens is 427 g/mol. The van der Waals surface area contributed by atoms with Gasteiger partial charge < -0.3 is 14.0 Å². The highest BCUT2D eigenvalue weighted by molar-refractivity contribution is 8.21. The van der Waals surface area contributed by atoms with Crippen molar-refractivity contribution in [2.24, 2.45) is 0 Å². The summed E-state index contributed by atoms with van der Waals surface area (Å²) in [6, 6.07) is 5.81. The fourth-order valence-corrected chi connectivity index (χ4v) is 4.21. The largest absolute Gasteiger partial charge is 0.375 e. The number of aromatic nitrogens is 2. The lowest BCUT2D eigenvalue weighted by molar-refractivity contribution is -0.0190. The molecule has 1 saturated heterocycles. The van der Waals surface area contributed by atoms with Gasteiger partial charge in [-0.1, -0.05) is 11.6 Å². The molecule has 4 nitrogen and oxygen atoms in total. The van der Waals surface area contributed by atoms with Crippen molar-refractivity contribution < 1.29 is 13.5 Å². The molecule has 1 unspecified atom stereocenters. The molecule has 0 saturated carbocycles. The van der Waals surface area contributed by atoms with Gasteiger partial charge in [0.15, 0.2) is 0 Å². The topological polar surface area (TPSA) is 29.8 Å². The van der Waals surface area contributed by atoms with E-state index in [0.717, 1.165) is 24.1 Å². The van der Waals surface area contributed by atoms with Crippen molar-refractivity contribution in [2.45, 2.75) is 17.4 Å². The Morgan fingerprint density at radius 3 is 2.71 bits per heavy atom. The molecule has 0 N–H and O–H groups in total. The number of hydrogen-bond donors (Lipinski definition) is 0. The predicted octanol–water partition coefficient (Wildman–Crippen LogP) is 5.05. The van der Waals surface area contributed by atoms with Gasteiger partial charge in [0.2, 0.25) is 0 Å². The third-order valence-corrected chi connectivity index (χ3v) is 5.98. The van der Waals surface area contributed by atoms with Crippen molar-refractivity contribution in [1.29, 1.82) is 0 Å². The number of nitrogens with zero attached hydrogens (tertiary/aromatic N) is 3. The van der Waals surface area contributed by atoms with Gasteiger partial charge in [0, 0.05) is 41.7 Å². The first kappa shape index (κ1) is 19.9. The van der Waals surface area contributed by atoms with Crippen LogP contribution in [0.4, 0.5) is 8.78 Å². The number of likely N-dealkylation sites (N-methyl/N-ethyl adjacent to an activating group) is 1. The first-order chi connectivity index (χ1) is 13.5. The van der Waals surface area contributed by atoms with Gasteiger partial charge >= 0.3 is 0 Å². The molecule has 0 amide bonds. The number of imidazole rings is 1. The van der Waals surface area contributed by atoms with Crippen molar-refractivity contribution in [3.05, 3.63) is 52.8 Å². The van der Waals surface area contributed by atoms with Crippen LogP contribution in [0.25, 0.3) is 16.9 Å². The van der Waals surface area contributed by atoms with E-state index in [1.54, 1.807) is 18.3 Å². The highest BCUT2D eigenvalue weighted by atomic mass is 35.7. The standard InChI is InChI=1S/C19H17Cl2F2N3OS/c1-25-4-5-27-12(10-25)7-16-19(24-17-6-11(20)2-3-26(16)17)18-14(22)8-13(28-21)9-15(18)23/h2-3,6,8-9,12H,4-5,7,10H2,1H3. The zero-order chi connectivity index (χ0) is 19.8. The first-order valence-electron chi connectivity index (χ1n) is 8.71. The van der Waals surface area contributed by atoms with Gasteiger partial charge in [0.05, 0.1) is 29.7 Å². The van der Waals surface area contributed by atoms with Crippen LogP contribution in [-0.4, -0.2) is 47.1 Å². The molecule has 0 aliphatic carbocycles. The Morgan fingerprint density at radius 2 is 2.04 bits per heavy atom. The van der Waals surface area contributed by atoms with Crippen molar-refractivity contribution in [3.8, 4) is 11.3 Å². The van der Waals surface area contributed by atoms with Crippen LogP contribution in [0, 0.1) is 11.6 Å². The predicted molar refractivity (Wildman–Crippen MR) is 108 cm³/mol. The zero-order valence-electron chi connectivity index (χ0n) is 15.0. The SMILES string of the molecule is CN1CCOC(Cc2c(-c3c(F)cc(SCl)cc3F)nc3cc(Cl)ccn23)C1. The molecule has 1 aromatic carbocycles. The van der Waals surface area contributed by atoms with Gasteiger partial charge in [0.1, 0.15) is 17.3 Å². The second-order valence-corrected chi connectivity index (χ2v) is 8.30. The van der Waals surface area contributed by atoms with Crippen LogP contribution < -0.4 is 0 Å². The van der Waals surface area contributed by atoms with Crippen molar-refractivity contribution in [3.63, 3.8) is 0 Å². The summed E-state index contributed by atoms with van der Waals surface area (Å²) < 4.78 is 37.2. The van der Waals surface area contributed by atoms with Gasteiger partial charge in [0.25, 0.3) is 0 Å². The van der Waals surface area contributed by atoms with Crippen LogP contribution in [0.15, 0.2) is 35.4 Å². The Morgan fingerprint density at radius 1 is 1.29 bits per heavy atom. The Bertz CT molecular complexity index is 1010. The molecular formula is C19H17Cl2F2N3OS. The molecule has 1 atom stereocenters. The lowest BCUT2D eigenvalue weighted by Crippen LogP contribution is -2.41. The maximum Gasteiger partial charge on any atom is 0.139 e. The first-order valence-corrected chi connectivity index (χ1v) is 10.7. The molecule has 9 heteroatoms. The second kappa shape index (κ2) is 8.16. The van der Waals surface area contributed by atoms with Crippen molar-refractivity contribution in [2.75, 3.05) is 26.7 Å². The molecule has 0 radical (unpaired) electrons. The third kappa shape index (κ3) is 3.86. The summed E-state index contributed by atoms with van der Waals surface area (Å²) in [4.78, 5) is 6.96. The minimum Gasteiger partial charge on any atom is -0.375 e. The summed E-state index contributed by atoms with van der Waals surface area (Å²) in [5.74, 6) is -1.42. The van der Waals surface area contributed by atoms with Gasteiger partial charge in [-0.25, -0.2) is 13.8 Å². The molecule has 2 aromatic heterocycles. The molecule has 3 heterocycles. The molecule has 1 aliphatic heterocycles. The monoisotopic (exact) mass is 443 g/mol. The van der Waals surface area contributed by atoms with Crippen LogP contribution in [0.1, 0.15) is 5.69 Å². The smallest absolute Gasteiger partial charge is 0.139 e. The number of rotatable bonds is 4. The van der Waals surface area contributed by atoms with Crippen LogP contribution in [0.5, 0.6) is 0 Å². The number of pyridine rings is 1. The summed E-state index contributed by atoms with van der Waals surface area (Å²) in [7, 11) is 8.44. The van der Waals surface area contributed by atoms with E-state index >= 15 is 0 Å². The number of hydrogen-bond acceptors (Lipinski definition) is 4. The average Bonchev–Trinajstić information content (AvgIpc) is 2.98. The maximum absolute atomic E-state index is 14.8. The van der Waals surface area contributed by atoms with Crippen molar-refractivity contribution in [1.82, 2.24) is 14.3 Å². The van der Waals surface area contributed by atoms with E-state index in [1.165, 1.54) is 12.1 Å². The van der Waals surface area contributed by atoms with Gasteiger partial charge in [-0.2, -0.15) is 0 Å². The number of fused-ring (bicyclic) bond motifs is 1. The third-order valence-electron chi connectivity index (χ3n) is 4.79.